The van der Waals surface area contributed by atoms with E-state index in [1.807, 2.05) is 0 Å². The van der Waals surface area contributed by atoms with Gasteiger partial charge in [-0.25, -0.2) is 0 Å². The second kappa shape index (κ2) is 3.90. The van der Waals surface area contributed by atoms with Crippen LogP contribution in [0.25, 0.3) is 0 Å². The minimum Gasteiger partial charge on any atom is -0.346 e. The van der Waals surface area contributed by atoms with Crippen LogP contribution >= 0.6 is 0 Å². The van der Waals surface area contributed by atoms with Gasteiger partial charge >= 0.3 is 0 Å². The molecule has 0 bridgehead atoms. The molecular weight excluding hydrogens is 173 g/mol. The van der Waals surface area contributed by atoms with Crippen molar-refractivity contribution in [2.45, 2.75) is 18.6 Å². The minimum atomic E-state index is -0.337. The van der Waals surface area contributed by atoms with Gasteiger partial charge in [0.15, 0.2) is 5.79 Å². The Morgan fingerprint density at radius 3 is 2.77 bits per heavy atom. The zero-order valence-corrected chi connectivity index (χ0v) is 7.80. The van der Waals surface area contributed by atoms with E-state index in [0.29, 0.717) is 19.6 Å². The molecule has 76 valence electrons. The van der Waals surface area contributed by atoms with Gasteiger partial charge in [-0.2, -0.15) is 0 Å². The van der Waals surface area contributed by atoms with Crippen LogP contribution in [0.4, 0.5) is 4.39 Å². The summed E-state index contributed by atoms with van der Waals surface area (Å²) < 4.78 is 23.0. The average Bonchev–Trinajstić information content (AvgIpc) is 2.74. The number of alkyl halides is 1. The molecule has 13 heavy (non-hydrogen) atoms. The van der Waals surface area contributed by atoms with Crippen molar-refractivity contribution in [1.82, 2.24) is 4.90 Å². The first-order chi connectivity index (χ1) is 6.35. The van der Waals surface area contributed by atoms with E-state index >= 15 is 0 Å². The number of hydrogen-bond donors (Lipinski definition) is 0. The normalized spacial score (nSPS) is 27.5. The second-order valence-electron chi connectivity index (χ2n) is 3.68. The topological polar surface area (TPSA) is 21.7 Å². The second-order valence-corrected chi connectivity index (χ2v) is 3.68. The Morgan fingerprint density at radius 1 is 1.31 bits per heavy atom. The molecular formula is C9H16FNO2. The molecule has 0 unspecified atom stereocenters. The minimum absolute atomic E-state index is 0.231. The van der Waals surface area contributed by atoms with E-state index in [1.54, 1.807) is 0 Å². The van der Waals surface area contributed by atoms with Gasteiger partial charge < -0.3 is 9.47 Å². The van der Waals surface area contributed by atoms with Crippen molar-refractivity contribution in [1.29, 1.82) is 0 Å². The van der Waals surface area contributed by atoms with Crippen LogP contribution in [0.3, 0.4) is 0 Å². The van der Waals surface area contributed by atoms with Gasteiger partial charge in [0, 0.05) is 19.5 Å². The molecule has 2 fully saturated rings. The average molecular weight is 189 g/mol. The van der Waals surface area contributed by atoms with Crippen LogP contribution in [0, 0.1) is 0 Å². The van der Waals surface area contributed by atoms with Gasteiger partial charge in [-0.05, 0) is 6.42 Å². The molecule has 0 aromatic rings. The first kappa shape index (κ1) is 9.37. The molecule has 4 heteroatoms. The number of rotatable bonds is 3. The monoisotopic (exact) mass is 189 g/mol. The number of likely N-dealkylation sites (tertiary alicyclic amines) is 1. The standard InChI is InChI=1S/C9H16FNO2/c10-3-1-4-11-5-2-9(8-11)12-6-7-13-9/h1-8H2. The van der Waals surface area contributed by atoms with Crippen LogP contribution in [0.15, 0.2) is 0 Å². The SMILES string of the molecule is FCCCN1CCC2(C1)OCCO2. The maximum absolute atomic E-state index is 11.9. The van der Waals surface area contributed by atoms with Crippen LogP contribution in [0.5, 0.6) is 0 Å². The summed E-state index contributed by atoms with van der Waals surface area (Å²) in [6.45, 7) is 3.79. The third-order valence-electron chi connectivity index (χ3n) is 2.69. The van der Waals surface area contributed by atoms with E-state index in [-0.39, 0.29) is 12.5 Å². The Hall–Kier alpha value is -0.190. The quantitative estimate of drug-likeness (QED) is 0.655. The third kappa shape index (κ3) is 2.00. The fourth-order valence-corrected chi connectivity index (χ4v) is 2.03. The summed E-state index contributed by atoms with van der Waals surface area (Å²) in [5, 5.41) is 0. The Bertz CT molecular complexity index is 171. The maximum Gasteiger partial charge on any atom is 0.182 e. The van der Waals surface area contributed by atoms with Crippen molar-refractivity contribution in [2.75, 3.05) is 39.5 Å². The molecule has 2 rings (SSSR count). The lowest BCUT2D eigenvalue weighted by Gasteiger charge is -2.22. The van der Waals surface area contributed by atoms with Crippen molar-refractivity contribution in [3.05, 3.63) is 0 Å². The number of nitrogens with zero attached hydrogens (tertiary/aromatic N) is 1. The highest BCUT2D eigenvalue weighted by molar-refractivity contribution is 4.86. The summed E-state index contributed by atoms with van der Waals surface area (Å²) in [6.07, 6.45) is 1.55. The Kier molecular flexibility index (Phi) is 2.81. The van der Waals surface area contributed by atoms with E-state index in [1.165, 1.54) is 0 Å². The van der Waals surface area contributed by atoms with Crippen molar-refractivity contribution < 1.29 is 13.9 Å². The Labute approximate surface area is 77.8 Å². The number of halogens is 1. The molecule has 0 aliphatic carbocycles. The predicted molar refractivity (Wildman–Crippen MR) is 46.3 cm³/mol. The highest BCUT2D eigenvalue weighted by Gasteiger charge is 2.42. The van der Waals surface area contributed by atoms with Crippen molar-refractivity contribution in [3.63, 3.8) is 0 Å². The van der Waals surface area contributed by atoms with E-state index in [2.05, 4.69) is 4.90 Å². The summed E-state index contributed by atoms with van der Waals surface area (Å²) in [7, 11) is 0. The molecule has 2 aliphatic rings. The summed E-state index contributed by atoms with van der Waals surface area (Å²) in [4.78, 5) is 2.21. The molecule has 0 aromatic heterocycles. The van der Waals surface area contributed by atoms with E-state index in [0.717, 1.165) is 26.1 Å². The van der Waals surface area contributed by atoms with Crippen molar-refractivity contribution in [3.8, 4) is 0 Å². The fourth-order valence-electron chi connectivity index (χ4n) is 2.03. The molecule has 2 aliphatic heterocycles. The summed E-state index contributed by atoms with van der Waals surface area (Å²) in [5.41, 5.74) is 0. The molecule has 2 saturated heterocycles. The number of hydrogen-bond acceptors (Lipinski definition) is 3. The smallest absolute Gasteiger partial charge is 0.182 e. The van der Waals surface area contributed by atoms with E-state index < -0.39 is 0 Å². The van der Waals surface area contributed by atoms with E-state index in [4.69, 9.17) is 9.47 Å². The lowest BCUT2D eigenvalue weighted by atomic mass is 10.2. The highest BCUT2D eigenvalue weighted by Crippen LogP contribution is 2.30. The van der Waals surface area contributed by atoms with Gasteiger partial charge in [-0.1, -0.05) is 0 Å². The fraction of sp³-hybridized carbons (Fsp3) is 1.00. The van der Waals surface area contributed by atoms with Crippen LogP contribution in [0.1, 0.15) is 12.8 Å². The van der Waals surface area contributed by atoms with Crippen LogP contribution in [-0.2, 0) is 9.47 Å². The van der Waals surface area contributed by atoms with Gasteiger partial charge in [-0.15, -0.1) is 0 Å². The van der Waals surface area contributed by atoms with Gasteiger partial charge in [-0.3, -0.25) is 9.29 Å². The summed E-state index contributed by atoms with van der Waals surface area (Å²) in [6, 6.07) is 0. The first-order valence-corrected chi connectivity index (χ1v) is 4.91. The molecule has 0 atom stereocenters. The lowest BCUT2D eigenvalue weighted by Crippen LogP contribution is -2.34. The summed E-state index contributed by atoms with van der Waals surface area (Å²) >= 11 is 0. The third-order valence-corrected chi connectivity index (χ3v) is 2.69. The lowest BCUT2D eigenvalue weighted by molar-refractivity contribution is -0.145. The van der Waals surface area contributed by atoms with Crippen molar-refractivity contribution in [2.24, 2.45) is 0 Å². The molecule has 0 amide bonds. The molecule has 1 spiro atoms. The van der Waals surface area contributed by atoms with Gasteiger partial charge in [0.1, 0.15) is 0 Å². The van der Waals surface area contributed by atoms with E-state index in [9.17, 15) is 4.39 Å². The van der Waals surface area contributed by atoms with Crippen LogP contribution < -0.4 is 0 Å². The Balaban J connectivity index is 1.79. The largest absolute Gasteiger partial charge is 0.346 e. The predicted octanol–water partition coefficient (Wildman–Crippen LogP) is 0.795. The zero-order valence-electron chi connectivity index (χ0n) is 7.80. The summed E-state index contributed by atoms with van der Waals surface area (Å²) in [5.74, 6) is -0.337. The van der Waals surface area contributed by atoms with Gasteiger partial charge in [0.2, 0.25) is 0 Å². The molecule has 0 radical (unpaired) electrons. The molecule has 2 heterocycles. The van der Waals surface area contributed by atoms with Crippen LogP contribution in [-0.4, -0.2) is 50.2 Å². The molecule has 0 N–H and O–H groups in total. The van der Waals surface area contributed by atoms with Gasteiger partial charge in [0.05, 0.1) is 26.4 Å². The number of ether oxygens (including phenoxy) is 2. The molecule has 0 aromatic carbocycles. The maximum atomic E-state index is 11.9. The molecule has 3 nitrogen and oxygen atoms in total. The van der Waals surface area contributed by atoms with Crippen molar-refractivity contribution >= 4 is 0 Å². The zero-order chi connectivity index (χ0) is 9.15. The van der Waals surface area contributed by atoms with Gasteiger partial charge in [0.25, 0.3) is 0 Å². The Morgan fingerprint density at radius 2 is 2.08 bits per heavy atom. The molecule has 0 saturated carbocycles. The first-order valence-electron chi connectivity index (χ1n) is 4.91. The van der Waals surface area contributed by atoms with Crippen LogP contribution in [0.2, 0.25) is 0 Å². The highest BCUT2D eigenvalue weighted by atomic mass is 19.1.